The Morgan fingerprint density at radius 2 is 1.69 bits per heavy atom. The summed E-state index contributed by atoms with van der Waals surface area (Å²) < 4.78 is 11.1. The summed E-state index contributed by atoms with van der Waals surface area (Å²) in [6.45, 7) is 4.48. The smallest absolute Gasteiger partial charge is 0.407 e. The molecule has 0 unspecified atom stereocenters. The van der Waals surface area contributed by atoms with Gasteiger partial charge in [0.2, 0.25) is 5.91 Å². The van der Waals surface area contributed by atoms with Gasteiger partial charge in [-0.2, -0.15) is 0 Å². The predicted molar refractivity (Wildman–Crippen MR) is 130 cm³/mol. The second-order valence-corrected chi connectivity index (χ2v) is 9.55. The fraction of sp³-hybridized carbons (Fsp3) is 0.444. The van der Waals surface area contributed by atoms with E-state index in [0.29, 0.717) is 6.42 Å². The Balaban J connectivity index is 1.28. The molecular formula is C27H32N2O6. The zero-order valence-corrected chi connectivity index (χ0v) is 20.0. The molecule has 186 valence electrons. The Labute approximate surface area is 205 Å². The number of carbonyl (C=O) groups is 3. The molecule has 2 aromatic carbocycles. The van der Waals surface area contributed by atoms with Crippen LogP contribution in [0, 0.1) is 11.8 Å². The van der Waals surface area contributed by atoms with E-state index in [1.807, 2.05) is 38.1 Å². The van der Waals surface area contributed by atoms with Gasteiger partial charge in [-0.3, -0.25) is 9.59 Å². The molecule has 1 aliphatic heterocycles. The molecule has 2 aliphatic rings. The molecule has 8 heteroatoms. The van der Waals surface area contributed by atoms with Crippen LogP contribution in [-0.2, 0) is 19.1 Å². The summed E-state index contributed by atoms with van der Waals surface area (Å²) in [7, 11) is 0. The van der Waals surface area contributed by atoms with Gasteiger partial charge in [0.15, 0.2) is 0 Å². The van der Waals surface area contributed by atoms with Crippen LogP contribution in [0.15, 0.2) is 48.5 Å². The van der Waals surface area contributed by atoms with E-state index in [0.717, 1.165) is 22.3 Å². The number of aliphatic carboxylic acids is 1. The maximum atomic E-state index is 12.6. The molecule has 2 amide bonds. The van der Waals surface area contributed by atoms with Crippen molar-refractivity contribution in [3.05, 3.63) is 59.7 Å². The minimum atomic E-state index is -0.883. The quantitative estimate of drug-likeness (QED) is 0.506. The van der Waals surface area contributed by atoms with Crippen LogP contribution in [0.4, 0.5) is 4.79 Å². The van der Waals surface area contributed by atoms with E-state index in [1.54, 1.807) is 0 Å². The molecule has 2 aromatic rings. The number of alkyl carbamates (subject to hydrolysis) is 1. The molecule has 3 atom stereocenters. The van der Waals surface area contributed by atoms with E-state index in [1.165, 1.54) is 0 Å². The first-order valence-electron chi connectivity index (χ1n) is 12.1. The molecule has 0 aromatic heterocycles. The first kappa shape index (κ1) is 24.7. The Bertz CT molecular complexity index is 1040. The highest BCUT2D eigenvalue weighted by Crippen LogP contribution is 2.44. The highest BCUT2D eigenvalue weighted by Gasteiger charge is 2.32. The molecular weight excluding hydrogens is 448 g/mol. The highest BCUT2D eigenvalue weighted by atomic mass is 16.5. The van der Waals surface area contributed by atoms with Crippen molar-refractivity contribution >= 4 is 18.0 Å². The molecule has 35 heavy (non-hydrogen) atoms. The largest absolute Gasteiger partial charge is 0.481 e. The van der Waals surface area contributed by atoms with Crippen molar-refractivity contribution in [2.24, 2.45) is 11.8 Å². The van der Waals surface area contributed by atoms with Crippen molar-refractivity contribution in [2.75, 3.05) is 19.8 Å². The first-order valence-corrected chi connectivity index (χ1v) is 12.1. The molecule has 8 nitrogen and oxygen atoms in total. The van der Waals surface area contributed by atoms with Gasteiger partial charge in [0.25, 0.3) is 0 Å². The number of amides is 2. The van der Waals surface area contributed by atoms with Gasteiger partial charge in [0, 0.05) is 24.9 Å². The molecule has 1 saturated heterocycles. The third-order valence-corrected chi connectivity index (χ3v) is 6.81. The number of carboxylic acid groups (broad SMARTS) is 1. The summed E-state index contributed by atoms with van der Waals surface area (Å²) in [5.74, 6) is -1.66. The van der Waals surface area contributed by atoms with Gasteiger partial charge < -0.3 is 25.2 Å². The molecule has 1 heterocycles. The first-order chi connectivity index (χ1) is 16.8. The topological polar surface area (TPSA) is 114 Å². The summed E-state index contributed by atoms with van der Waals surface area (Å²) in [4.78, 5) is 36.2. The Morgan fingerprint density at radius 3 is 2.26 bits per heavy atom. The minimum absolute atomic E-state index is 0.0142. The number of hydrogen-bond acceptors (Lipinski definition) is 5. The number of rotatable bonds is 9. The van der Waals surface area contributed by atoms with E-state index >= 15 is 0 Å². The third-order valence-electron chi connectivity index (χ3n) is 6.81. The number of fused-ring (bicyclic) bond motifs is 3. The van der Waals surface area contributed by atoms with Crippen LogP contribution >= 0.6 is 0 Å². The van der Waals surface area contributed by atoms with Crippen molar-refractivity contribution in [3.8, 4) is 11.1 Å². The van der Waals surface area contributed by atoms with E-state index in [-0.39, 0.29) is 50.0 Å². The number of carbonyl (C=O) groups excluding carboxylic acids is 2. The van der Waals surface area contributed by atoms with Crippen LogP contribution in [0.1, 0.15) is 43.7 Å². The lowest BCUT2D eigenvalue weighted by atomic mass is 9.98. The van der Waals surface area contributed by atoms with E-state index in [4.69, 9.17) is 14.6 Å². The van der Waals surface area contributed by atoms with E-state index in [9.17, 15) is 14.4 Å². The zero-order valence-electron chi connectivity index (χ0n) is 20.0. The number of benzene rings is 2. The number of carboxylic acids is 1. The summed E-state index contributed by atoms with van der Waals surface area (Å²) in [5, 5.41) is 14.7. The van der Waals surface area contributed by atoms with Crippen LogP contribution in [-0.4, -0.2) is 55.0 Å². The fourth-order valence-electron chi connectivity index (χ4n) is 4.76. The molecule has 4 rings (SSSR count). The predicted octanol–water partition coefficient (Wildman–Crippen LogP) is 3.55. The van der Waals surface area contributed by atoms with Gasteiger partial charge in [-0.15, -0.1) is 0 Å². The lowest BCUT2D eigenvalue weighted by molar-refractivity contribution is -0.141. The summed E-state index contributed by atoms with van der Waals surface area (Å²) in [5.41, 5.74) is 4.60. The maximum Gasteiger partial charge on any atom is 0.407 e. The average Bonchev–Trinajstić information content (AvgIpc) is 3.44. The minimum Gasteiger partial charge on any atom is -0.481 e. The van der Waals surface area contributed by atoms with Crippen molar-refractivity contribution < 1.29 is 29.0 Å². The van der Waals surface area contributed by atoms with Crippen LogP contribution in [0.2, 0.25) is 0 Å². The fourth-order valence-corrected chi connectivity index (χ4v) is 4.76. The SMILES string of the molecule is CC(C)[C@@H](CC(=O)NC[C@H]1C[C@@H](C(=O)O)CO1)NC(=O)OCC1c2ccccc2-c2ccccc21. The van der Waals surface area contributed by atoms with Crippen molar-refractivity contribution in [3.63, 3.8) is 0 Å². The number of hydrogen-bond donors (Lipinski definition) is 3. The average molecular weight is 481 g/mol. The normalized spacial score (nSPS) is 19.6. The molecule has 0 bridgehead atoms. The van der Waals surface area contributed by atoms with E-state index < -0.39 is 24.0 Å². The lowest BCUT2D eigenvalue weighted by Crippen LogP contribution is -2.43. The van der Waals surface area contributed by atoms with Gasteiger partial charge >= 0.3 is 12.1 Å². The Kier molecular flexibility index (Phi) is 7.70. The van der Waals surface area contributed by atoms with Crippen LogP contribution in [0.3, 0.4) is 0 Å². The summed E-state index contributed by atoms with van der Waals surface area (Å²) >= 11 is 0. The van der Waals surface area contributed by atoms with Crippen molar-refractivity contribution in [1.29, 1.82) is 0 Å². The van der Waals surface area contributed by atoms with Gasteiger partial charge in [0.05, 0.1) is 18.6 Å². The van der Waals surface area contributed by atoms with Crippen LogP contribution in [0.5, 0.6) is 0 Å². The van der Waals surface area contributed by atoms with Gasteiger partial charge in [0.1, 0.15) is 6.61 Å². The lowest BCUT2D eigenvalue weighted by Gasteiger charge is -2.23. The monoisotopic (exact) mass is 480 g/mol. The molecule has 0 spiro atoms. The second-order valence-electron chi connectivity index (χ2n) is 9.55. The molecule has 0 saturated carbocycles. The highest BCUT2D eigenvalue weighted by molar-refractivity contribution is 5.79. The Hall–Kier alpha value is -3.39. The standard InChI is InChI=1S/C27H32N2O6/c1-16(2)24(12-25(30)28-13-18-11-17(14-34-18)26(31)32)29-27(33)35-15-23-21-9-5-3-7-19(21)20-8-4-6-10-22(20)23/h3-10,16-18,23-24H,11-15H2,1-2H3,(H,28,30)(H,29,33)(H,31,32)/t17-,18-,24-/m1/s1. The zero-order chi connectivity index (χ0) is 24.9. The van der Waals surface area contributed by atoms with E-state index in [2.05, 4.69) is 34.9 Å². The van der Waals surface area contributed by atoms with Crippen LogP contribution < -0.4 is 10.6 Å². The second kappa shape index (κ2) is 10.9. The summed E-state index contributed by atoms with van der Waals surface area (Å²) in [6.07, 6.45) is -0.396. The third kappa shape index (κ3) is 5.82. The molecule has 0 radical (unpaired) electrons. The molecule has 1 aliphatic carbocycles. The maximum absolute atomic E-state index is 12.6. The van der Waals surface area contributed by atoms with Gasteiger partial charge in [-0.1, -0.05) is 62.4 Å². The van der Waals surface area contributed by atoms with Crippen LogP contribution in [0.25, 0.3) is 11.1 Å². The summed E-state index contributed by atoms with van der Waals surface area (Å²) in [6, 6.07) is 15.9. The van der Waals surface area contributed by atoms with Crippen molar-refractivity contribution in [2.45, 2.75) is 44.8 Å². The number of nitrogens with one attached hydrogen (secondary N) is 2. The number of ether oxygens (including phenoxy) is 2. The van der Waals surface area contributed by atoms with Gasteiger partial charge in [-0.05, 0) is 34.6 Å². The van der Waals surface area contributed by atoms with Crippen molar-refractivity contribution in [1.82, 2.24) is 10.6 Å². The molecule has 1 fully saturated rings. The Morgan fingerprint density at radius 1 is 1.06 bits per heavy atom. The van der Waals surface area contributed by atoms with Gasteiger partial charge in [-0.25, -0.2) is 4.79 Å². The molecule has 3 N–H and O–H groups in total.